The van der Waals surface area contributed by atoms with Gasteiger partial charge >= 0.3 is 0 Å². The van der Waals surface area contributed by atoms with Crippen molar-refractivity contribution in [3.63, 3.8) is 0 Å². The molecule has 5 nitrogen and oxygen atoms in total. The quantitative estimate of drug-likeness (QED) is 0.798. The van der Waals surface area contributed by atoms with E-state index in [-0.39, 0.29) is 11.8 Å². The Labute approximate surface area is 123 Å². The normalized spacial score (nSPS) is 12.0. The molecule has 5 heteroatoms. The summed E-state index contributed by atoms with van der Waals surface area (Å²) in [6.45, 7) is 2.07. The van der Waals surface area contributed by atoms with Crippen molar-refractivity contribution in [3.05, 3.63) is 72.8 Å². The molecule has 0 aliphatic heterocycles. The van der Waals surface area contributed by atoms with Gasteiger partial charge in [0.2, 0.25) is 0 Å². The zero-order chi connectivity index (χ0) is 14.7. The van der Waals surface area contributed by atoms with Crippen molar-refractivity contribution in [2.24, 2.45) is 0 Å². The van der Waals surface area contributed by atoms with Crippen molar-refractivity contribution in [2.45, 2.75) is 13.0 Å². The fraction of sp³-hybridized carbons (Fsp3) is 0.125. The minimum atomic E-state index is 0.00972. The van der Waals surface area contributed by atoms with E-state index in [1.54, 1.807) is 24.8 Å². The van der Waals surface area contributed by atoms with Gasteiger partial charge in [0.1, 0.15) is 18.4 Å². The van der Waals surface area contributed by atoms with Crippen LogP contribution in [0, 0.1) is 0 Å². The molecular formula is C16H16N4O. The van der Waals surface area contributed by atoms with E-state index in [9.17, 15) is 5.11 Å². The third-order valence-corrected chi connectivity index (χ3v) is 3.40. The highest BCUT2D eigenvalue weighted by Crippen LogP contribution is 2.28. The van der Waals surface area contributed by atoms with E-state index in [1.165, 1.54) is 0 Å². The lowest BCUT2D eigenvalue weighted by atomic mass is 10.1. The van der Waals surface area contributed by atoms with Crippen LogP contribution in [0.4, 0.5) is 5.69 Å². The van der Waals surface area contributed by atoms with Crippen LogP contribution in [0.2, 0.25) is 0 Å². The Morgan fingerprint density at radius 1 is 1.00 bits per heavy atom. The van der Waals surface area contributed by atoms with Crippen LogP contribution in [0.3, 0.4) is 0 Å². The molecule has 0 aliphatic carbocycles. The van der Waals surface area contributed by atoms with Crippen LogP contribution in [0.15, 0.2) is 67.3 Å². The molecule has 3 aromatic rings. The molecular weight excluding hydrogens is 264 g/mol. The van der Waals surface area contributed by atoms with Gasteiger partial charge in [-0.1, -0.05) is 30.3 Å². The fourth-order valence-electron chi connectivity index (χ4n) is 2.37. The van der Waals surface area contributed by atoms with Crippen molar-refractivity contribution in [2.75, 3.05) is 5.01 Å². The zero-order valence-electron chi connectivity index (χ0n) is 11.7. The summed E-state index contributed by atoms with van der Waals surface area (Å²) in [5.74, 6) is 0.260. The molecule has 0 spiro atoms. The number of hydrogen-bond acceptors (Lipinski definition) is 4. The molecule has 2 aromatic carbocycles. The monoisotopic (exact) mass is 280 g/mol. The van der Waals surface area contributed by atoms with Gasteiger partial charge in [-0.15, -0.1) is 10.2 Å². The minimum absolute atomic E-state index is 0.00972. The van der Waals surface area contributed by atoms with Crippen molar-refractivity contribution in [1.82, 2.24) is 14.9 Å². The number of anilines is 1. The minimum Gasteiger partial charge on any atom is -0.508 e. The van der Waals surface area contributed by atoms with E-state index in [1.807, 2.05) is 47.1 Å². The lowest BCUT2D eigenvalue weighted by Crippen LogP contribution is -2.31. The van der Waals surface area contributed by atoms with Crippen LogP contribution in [0.5, 0.6) is 5.75 Å². The van der Waals surface area contributed by atoms with Crippen LogP contribution in [-0.2, 0) is 0 Å². The number of hydrogen-bond donors (Lipinski definition) is 1. The molecule has 1 aromatic heterocycles. The van der Waals surface area contributed by atoms with Gasteiger partial charge in [0.05, 0.1) is 11.7 Å². The van der Waals surface area contributed by atoms with Gasteiger partial charge < -0.3 is 5.11 Å². The largest absolute Gasteiger partial charge is 0.508 e. The SMILES string of the molecule is CC(c1cccc(O)c1)N(c1ccccc1)n1cnnc1. The molecule has 0 fully saturated rings. The molecule has 0 aliphatic rings. The number of phenols is 1. The van der Waals surface area contributed by atoms with E-state index in [0.717, 1.165) is 11.3 Å². The van der Waals surface area contributed by atoms with Gasteiger partial charge in [0.15, 0.2) is 0 Å². The first kappa shape index (κ1) is 13.2. The van der Waals surface area contributed by atoms with Gasteiger partial charge in [-0.25, -0.2) is 4.68 Å². The van der Waals surface area contributed by atoms with E-state index < -0.39 is 0 Å². The first-order chi connectivity index (χ1) is 10.3. The number of phenolic OH excluding ortho intramolecular Hbond substituents is 1. The summed E-state index contributed by atoms with van der Waals surface area (Å²) in [5.41, 5.74) is 2.03. The molecule has 1 N–H and O–H groups in total. The third kappa shape index (κ3) is 2.72. The number of rotatable bonds is 4. The summed E-state index contributed by atoms with van der Waals surface area (Å²) >= 11 is 0. The molecule has 0 amide bonds. The highest BCUT2D eigenvalue weighted by Gasteiger charge is 2.18. The average molecular weight is 280 g/mol. The number of aromatic nitrogens is 3. The van der Waals surface area contributed by atoms with Gasteiger partial charge in [-0.2, -0.15) is 0 Å². The van der Waals surface area contributed by atoms with E-state index in [4.69, 9.17) is 0 Å². The fourth-order valence-corrected chi connectivity index (χ4v) is 2.37. The summed E-state index contributed by atoms with van der Waals surface area (Å²) < 4.78 is 1.84. The molecule has 0 saturated carbocycles. The van der Waals surface area contributed by atoms with E-state index in [0.29, 0.717) is 0 Å². The molecule has 0 bridgehead atoms. The third-order valence-electron chi connectivity index (χ3n) is 3.40. The van der Waals surface area contributed by atoms with Gasteiger partial charge in [-0.05, 0) is 36.8 Å². The predicted octanol–water partition coefficient (Wildman–Crippen LogP) is 3.01. The van der Waals surface area contributed by atoms with Gasteiger partial charge in [0.25, 0.3) is 0 Å². The average Bonchev–Trinajstić information content (AvgIpc) is 3.02. The Bertz CT molecular complexity index is 697. The number of para-hydroxylation sites is 1. The van der Waals surface area contributed by atoms with Crippen LogP contribution in [0.1, 0.15) is 18.5 Å². The predicted molar refractivity (Wildman–Crippen MR) is 80.9 cm³/mol. The molecule has 1 atom stereocenters. The second-order valence-electron chi connectivity index (χ2n) is 4.79. The summed E-state index contributed by atoms with van der Waals surface area (Å²) in [6.07, 6.45) is 3.32. The maximum atomic E-state index is 9.69. The number of aromatic hydroxyl groups is 1. The number of nitrogens with zero attached hydrogens (tertiary/aromatic N) is 4. The van der Waals surface area contributed by atoms with Crippen LogP contribution in [0.25, 0.3) is 0 Å². The molecule has 1 unspecified atom stereocenters. The summed E-state index contributed by atoms with van der Waals surface area (Å²) in [4.78, 5) is 0. The van der Waals surface area contributed by atoms with Crippen molar-refractivity contribution < 1.29 is 5.11 Å². The molecule has 3 rings (SSSR count). The van der Waals surface area contributed by atoms with Crippen molar-refractivity contribution >= 4 is 5.69 Å². The van der Waals surface area contributed by atoms with Crippen molar-refractivity contribution in [1.29, 1.82) is 0 Å². The highest BCUT2D eigenvalue weighted by atomic mass is 16.3. The van der Waals surface area contributed by atoms with Crippen LogP contribution < -0.4 is 5.01 Å². The van der Waals surface area contributed by atoms with Crippen LogP contribution in [-0.4, -0.2) is 20.0 Å². The Balaban J connectivity index is 2.04. The first-order valence-electron chi connectivity index (χ1n) is 6.74. The first-order valence-corrected chi connectivity index (χ1v) is 6.74. The Morgan fingerprint density at radius 3 is 2.38 bits per heavy atom. The highest BCUT2D eigenvalue weighted by molar-refractivity contribution is 5.48. The molecule has 0 radical (unpaired) electrons. The standard InChI is InChI=1S/C16H16N4O/c1-13(14-6-5-9-16(21)10-14)20(19-11-17-18-12-19)15-7-3-2-4-8-15/h2-13,21H,1H3. The summed E-state index contributed by atoms with van der Waals surface area (Å²) in [5, 5.41) is 19.5. The van der Waals surface area contributed by atoms with Gasteiger partial charge in [-0.3, -0.25) is 5.01 Å². The lowest BCUT2D eigenvalue weighted by Gasteiger charge is -2.31. The molecule has 0 saturated heterocycles. The Morgan fingerprint density at radius 2 is 1.71 bits per heavy atom. The maximum absolute atomic E-state index is 9.69. The van der Waals surface area contributed by atoms with E-state index in [2.05, 4.69) is 22.1 Å². The zero-order valence-corrected chi connectivity index (χ0v) is 11.7. The molecule has 106 valence electrons. The maximum Gasteiger partial charge on any atom is 0.139 e. The number of benzene rings is 2. The second kappa shape index (κ2) is 5.66. The smallest absolute Gasteiger partial charge is 0.139 e. The Hall–Kier alpha value is -2.82. The van der Waals surface area contributed by atoms with Crippen molar-refractivity contribution in [3.8, 4) is 5.75 Å². The summed E-state index contributed by atoms with van der Waals surface area (Å²) in [6, 6.07) is 17.3. The summed E-state index contributed by atoms with van der Waals surface area (Å²) in [7, 11) is 0. The van der Waals surface area contributed by atoms with Crippen LogP contribution >= 0.6 is 0 Å². The molecule has 1 heterocycles. The van der Waals surface area contributed by atoms with E-state index >= 15 is 0 Å². The topological polar surface area (TPSA) is 54.2 Å². The van der Waals surface area contributed by atoms with Gasteiger partial charge in [0, 0.05) is 0 Å². The lowest BCUT2D eigenvalue weighted by molar-refractivity contribution is 0.473. The molecule has 21 heavy (non-hydrogen) atoms. The Kier molecular flexibility index (Phi) is 3.55. The second-order valence-corrected chi connectivity index (χ2v) is 4.79.